The van der Waals surface area contributed by atoms with Gasteiger partial charge >= 0.3 is 0 Å². The second-order valence-corrected chi connectivity index (χ2v) is 4.56. The summed E-state index contributed by atoms with van der Waals surface area (Å²) in [5.41, 5.74) is 6.05. The van der Waals surface area contributed by atoms with Crippen LogP contribution in [0.4, 0.5) is 0 Å². The molecule has 0 aliphatic heterocycles. The van der Waals surface area contributed by atoms with E-state index in [1.807, 2.05) is 0 Å². The highest BCUT2D eigenvalue weighted by Crippen LogP contribution is 1.89. The third-order valence-corrected chi connectivity index (χ3v) is 2.46. The molecular weight excluding hydrogens is 312 g/mol. The minimum absolute atomic E-state index is 0.000602. The summed E-state index contributed by atoms with van der Waals surface area (Å²) in [5, 5.41) is 14.3. The summed E-state index contributed by atoms with van der Waals surface area (Å²) in [7, 11) is 4.87. The summed E-state index contributed by atoms with van der Waals surface area (Å²) in [6, 6.07) is -0.264. The van der Waals surface area contributed by atoms with Crippen LogP contribution in [0.25, 0.3) is 0 Å². The fraction of sp³-hybridized carbons (Fsp3) is 0.667. The van der Waals surface area contributed by atoms with Crippen LogP contribution in [0.5, 0.6) is 0 Å². The van der Waals surface area contributed by atoms with E-state index in [0.29, 0.717) is 11.4 Å². The zero-order chi connectivity index (χ0) is 19.7. The number of Topliss-reactive ketones (excluding diaryl/α,β-unsaturated/α-hetero) is 3. The Labute approximate surface area is 144 Å². The second-order valence-electron chi connectivity index (χ2n) is 4.56. The SMILES string of the molecule is CN/N=C(\C)C(C)=O.CN=NC(C)C(C)=O.CNN=C(C)C(C)=O. The smallest absolute Gasteiger partial charge is 0.175 e. The number of hydrogen-bond acceptors (Lipinski definition) is 9. The van der Waals surface area contributed by atoms with Crippen molar-refractivity contribution in [3.05, 3.63) is 0 Å². The fourth-order valence-electron chi connectivity index (χ4n) is 0.747. The zero-order valence-electron chi connectivity index (χ0n) is 16.1. The molecule has 0 fully saturated rings. The van der Waals surface area contributed by atoms with E-state index in [1.54, 1.807) is 41.9 Å². The van der Waals surface area contributed by atoms with Crippen LogP contribution in [-0.4, -0.2) is 56.0 Å². The third kappa shape index (κ3) is 19.6. The molecule has 0 spiro atoms. The van der Waals surface area contributed by atoms with Gasteiger partial charge < -0.3 is 10.9 Å². The first-order valence-electron chi connectivity index (χ1n) is 7.28. The molecule has 0 bridgehead atoms. The number of rotatable bonds is 6. The molecule has 138 valence electrons. The van der Waals surface area contributed by atoms with Gasteiger partial charge in [-0.2, -0.15) is 20.4 Å². The van der Waals surface area contributed by atoms with E-state index in [9.17, 15) is 14.4 Å². The largest absolute Gasteiger partial charge is 0.313 e. The van der Waals surface area contributed by atoms with Gasteiger partial charge in [0.05, 0.1) is 11.4 Å². The van der Waals surface area contributed by atoms with E-state index in [0.717, 1.165) is 0 Å². The van der Waals surface area contributed by atoms with Crippen LogP contribution in [0.2, 0.25) is 0 Å². The Morgan fingerprint density at radius 3 is 1.21 bits per heavy atom. The van der Waals surface area contributed by atoms with Crippen molar-refractivity contribution < 1.29 is 14.4 Å². The van der Waals surface area contributed by atoms with Crippen molar-refractivity contribution in [2.45, 2.75) is 47.6 Å². The number of ketones is 3. The monoisotopic (exact) mass is 342 g/mol. The Balaban J connectivity index is -0.000000276. The quantitative estimate of drug-likeness (QED) is 0.428. The number of hydrazone groups is 2. The molecule has 0 radical (unpaired) electrons. The number of nitrogens with zero attached hydrogens (tertiary/aromatic N) is 4. The van der Waals surface area contributed by atoms with Gasteiger partial charge in [0.25, 0.3) is 0 Å². The van der Waals surface area contributed by atoms with Crippen molar-refractivity contribution in [3.8, 4) is 0 Å². The normalized spacial score (nSPS) is 12.2. The molecule has 2 N–H and O–H groups in total. The van der Waals surface area contributed by atoms with E-state index in [-0.39, 0.29) is 23.4 Å². The van der Waals surface area contributed by atoms with Gasteiger partial charge in [0, 0.05) is 35.0 Å². The number of carbonyl (C=O) groups excluding carboxylic acids is 3. The highest BCUT2D eigenvalue weighted by atomic mass is 16.1. The summed E-state index contributed by atoms with van der Waals surface area (Å²) in [6.45, 7) is 9.51. The van der Waals surface area contributed by atoms with Gasteiger partial charge in [-0.25, -0.2) is 0 Å². The number of azo groups is 1. The minimum atomic E-state index is -0.264. The van der Waals surface area contributed by atoms with Gasteiger partial charge in [-0.3, -0.25) is 14.4 Å². The molecule has 1 unspecified atom stereocenters. The Morgan fingerprint density at radius 1 is 0.792 bits per heavy atom. The molecule has 1 atom stereocenters. The Morgan fingerprint density at radius 2 is 1.12 bits per heavy atom. The molecule has 0 aromatic rings. The van der Waals surface area contributed by atoms with Crippen LogP contribution in [0, 0.1) is 0 Å². The minimum Gasteiger partial charge on any atom is -0.313 e. The first-order valence-corrected chi connectivity index (χ1v) is 7.28. The van der Waals surface area contributed by atoms with Crippen LogP contribution in [0.15, 0.2) is 20.4 Å². The van der Waals surface area contributed by atoms with E-state index < -0.39 is 0 Å². The number of carbonyl (C=O) groups is 3. The van der Waals surface area contributed by atoms with Gasteiger partial charge in [0.15, 0.2) is 17.3 Å². The lowest BCUT2D eigenvalue weighted by molar-refractivity contribution is -0.118. The van der Waals surface area contributed by atoms with Crippen molar-refractivity contribution in [3.63, 3.8) is 0 Å². The summed E-state index contributed by atoms with van der Waals surface area (Å²) in [5.74, 6) is 0.0503. The summed E-state index contributed by atoms with van der Waals surface area (Å²) in [4.78, 5) is 31.1. The van der Waals surface area contributed by atoms with Gasteiger partial charge in [-0.15, -0.1) is 0 Å². The predicted octanol–water partition coefficient (Wildman–Crippen LogP) is 1.39. The third-order valence-electron chi connectivity index (χ3n) is 2.46. The molecule has 0 saturated carbocycles. The molecule has 0 aromatic heterocycles. The Bertz CT molecular complexity index is 454. The number of hydrogen-bond donors (Lipinski definition) is 2. The van der Waals surface area contributed by atoms with Crippen LogP contribution in [0.1, 0.15) is 41.5 Å². The Kier molecular flexibility index (Phi) is 18.6. The molecule has 24 heavy (non-hydrogen) atoms. The molecule has 0 heterocycles. The summed E-state index contributed by atoms with van der Waals surface area (Å²) < 4.78 is 0. The average Bonchev–Trinajstić information content (AvgIpc) is 2.49. The first-order chi connectivity index (χ1) is 11.0. The topological polar surface area (TPSA) is 125 Å². The molecule has 0 aromatic carbocycles. The van der Waals surface area contributed by atoms with Crippen LogP contribution in [-0.2, 0) is 14.4 Å². The van der Waals surface area contributed by atoms with E-state index in [2.05, 4.69) is 31.3 Å². The van der Waals surface area contributed by atoms with Crippen molar-refractivity contribution in [1.82, 2.24) is 10.9 Å². The Hall–Kier alpha value is -2.45. The van der Waals surface area contributed by atoms with Crippen LogP contribution < -0.4 is 10.9 Å². The summed E-state index contributed by atoms with van der Waals surface area (Å²) >= 11 is 0. The predicted molar refractivity (Wildman–Crippen MR) is 96.6 cm³/mol. The zero-order valence-corrected chi connectivity index (χ0v) is 16.1. The highest BCUT2D eigenvalue weighted by molar-refractivity contribution is 6.38. The maximum atomic E-state index is 10.4. The van der Waals surface area contributed by atoms with Crippen molar-refractivity contribution in [2.24, 2.45) is 20.4 Å². The summed E-state index contributed by atoms with van der Waals surface area (Å²) in [6.07, 6.45) is 0. The van der Waals surface area contributed by atoms with Crippen molar-refractivity contribution >= 4 is 28.8 Å². The number of nitrogens with one attached hydrogen (secondary N) is 2. The lowest BCUT2D eigenvalue weighted by Gasteiger charge is -1.93. The molecule has 0 aliphatic rings. The fourth-order valence-corrected chi connectivity index (χ4v) is 0.747. The maximum absolute atomic E-state index is 10.4. The highest BCUT2D eigenvalue weighted by Gasteiger charge is 2.02. The molecule has 0 aliphatic carbocycles. The average molecular weight is 342 g/mol. The van der Waals surface area contributed by atoms with E-state index in [1.165, 1.54) is 20.8 Å². The van der Waals surface area contributed by atoms with Gasteiger partial charge in [-0.05, 0) is 27.7 Å². The lowest BCUT2D eigenvalue weighted by atomic mass is 10.3. The van der Waals surface area contributed by atoms with Crippen molar-refractivity contribution in [1.29, 1.82) is 0 Å². The molecular formula is C15H30N6O3. The van der Waals surface area contributed by atoms with Crippen LogP contribution in [0.3, 0.4) is 0 Å². The molecule has 0 rings (SSSR count). The van der Waals surface area contributed by atoms with Crippen molar-refractivity contribution in [2.75, 3.05) is 21.1 Å². The van der Waals surface area contributed by atoms with E-state index >= 15 is 0 Å². The van der Waals surface area contributed by atoms with Crippen LogP contribution >= 0.6 is 0 Å². The first kappa shape index (κ1) is 26.4. The van der Waals surface area contributed by atoms with Gasteiger partial charge in [0.2, 0.25) is 0 Å². The molecule has 0 saturated heterocycles. The molecule has 0 amide bonds. The van der Waals surface area contributed by atoms with Gasteiger partial charge in [0.1, 0.15) is 6.04 Å². The lowest BCUT2D eigenvalue weighted by Crippen LogP contribution is -2.09. The second kappa shape index (κ2) is 16.9. The van der Waals surface area contributed by atoms with Gasteiger partial charge in [-0.1, -0.05) is 0 Å². The van der Waals surface area contributed by atoms with E-state index in [4.69, 9.17) is 0 Å². The molecule has 9 nitrogen and oxygen atoms in total. The standard InChI is InChI=1S/3C5H10N2O/c3*1-4(5(2)8)7-6-3/h2*6H,1-3H3;4H,1-3H3/b7-4+;;. The molecule has 9 heteroatoms. The maximum Gasteiger partial charge on any atom is 0.175 e.